The molecule has 6 heteroatoms. The molecule has 3 rings (SSSR count). The molecular weight excluding hydrogens is 236 g/mol. The zero-order valence-corrected chi connectivity index (χ0v) is 10.5. The standard InChI is InChI=1S/C12H18N2O4/c1-13-7-12(5-2-6-12)10(14(17)11(13)16)18-9(15)8-3-4-8/h8,10,17H,2-7H2,1H3. The van der Waals surface area contributed by atoms with E-state index in [1.807, 2.05) is 0 Å². The van der Waals surface area contributed by atoms with Crippen LogP contribution in [0.4, 0.5) is 4.79 Å². The summed E-state index contributed by atoms with van der Waals surface area (Å²) in [4.78, 5) is 25.0. The fourth-order valence-electron chi connectivity index (χ4n) is 2.89. The van der Waals surface area contributed by atoms with E-state index in [-0.39, 0.29) is 17.3 Å². The Hall–Kier alpha value is -1.30. The highest BCUT2D eigenvalue weighted by molar-refractivity contribution is 5.77. The third-order valence-electron chi connectivity index (χ3n) is 4.31. The largest absolute Gasteiger partial charge is 0.438 e. The van der Waals surface area contributed by atoms with Gasteiger partial charge in [0.25, 0.3) is 0 Å². The SMILES string of the molecule is CN1CC2(CCC2)C(OC(=O)C2CC2)N(O)C1=O. The van der Waals surface area contributed by atoms with Crippen molar-refractivity contribution >= 4 is 12.0 Å². The summed E-state index contributed by atoms with van der Waals surface area (Å²) in [5, 5.41) is 10.5. The molecule has 1 spiro atoms. The first kappa shape index (κ1) is 11.8. The number of ether oxygens (including phenoxy) is 1. The van der Waals surface area contributed by atoms with E-state index in [9.17, 15) is 14.8 Å². The fourth-order valence-corrected chi connectivity index (χ4v) is 2.89. The number of hydrogen-bond donors (Lipinski definition) is 1. The lowest BCUT2D eigenvalue weighted by atomic mass is 9.66. The van der Waals surface area contributed by atoms with Gasteiger partial charge in [0, 0.05) is 19.0 Å². The molecule has 2 saturated carbocycles. The van der Waals surface area contributed by atoms with Crippen LogP contribution in [0.15, 0.2) is 0 Å². The van der Waals surface area contributed by atoms with E-state index < -0.39 is 12.3 Å². The van der Waals surface area contributed by atoms with Gasteiger partial charge in [-0.3, -0.25) is 10.0 Å². The molecule has 1 N–H and O–H groups in total. The second kappa shape index (κ2) is 3.85. The number of carbonyl (C=O) groups is 2. The van der Waals surface area contributed by atoms with E-state index >= 15 is 0 Å². The molecule has 1 aliphatic heterocycles. The maximum atomic E-state index is 11.8. The second-order valence-electron chi connectivity index (χ2n) is 5.76. The number of carbonyl (C=O) groups excluding carboxylic acids is 2. The predicted molar refractivity (Wildman–Crippen MR) is 60.5 cm³/mol. The zero-order chi connectivity index (χ0) is 12.9. The molecule has 100 valence electrons. The maximum absolute atomic E-state index is 11.8. The molecule has 1 heterocycles. The van der Waals surface area contributed by atoms with Crippen LogP contribution < -0.4 is 0 Å². The van der Waals surface area contributed by atoms with E-state index in [2.05, 4.69) is 0 Å². The third kappa shape index (κ3) is 1.67. The van der Waals surface area contributed by atoms with Gasteiger partial charge in [-0.25, -0.2) is 4.79 Å². The molecule has 2 aliphatic carbocycles. The highest BCUT2D eigenvalue weighted by atomic mass is 16.6. The van der Waals surface area contributed by atoms with E-state index in [0.29, 0.717) is 11.6 Å². The predicted octanol–water partition coefficient (Wildman–Crippen LogP) is 1.19. The van der Waals surface area contributed by atoms with E-state index in [0.717, 1.165) is 32.1 Å². The van der Waals surface area contributed by atoms with Crippen LogP contribution in [-0.2, 0) is 9.53 Å². The molecule has 0 bridgehead atoms. The first-order valence-electron chi connectivity index (χ1n) is 6.47. The van der Waals surface area contributed by atoms with Crippen molar-refractivity contribution in [1.29, 1.82) is 0 Å². The van der Waals surface area contributed by atoms with Gasteiger partial charge in [0.15, 0.2) is 0 Å². The Morgan fingerprint density at radius 3 is 2.61 bits per heavy atom. The summed E-state index contributed by atoms with van der Waals surface area (Å²) in [6.07, 6.45) is 3.72. The molecule has 3 fully saturated rings. The van der Waals surface area contributed by atoms with Crippen molar-refractivity contribution < 1.29 is 19.5 Å². The highest BCUT2D eigenvalue weighted by Crippen LogP contribution is 2.49. The summed E-state index contributed by atoms with van der Waals surface area (Å²) >= 11 is 0. The molecule has 6 nitrogen and oxygen atoms in total. The molecule has 1 saturated heterocycles. The summed E-state index contributed by atoms with van der Waals surface area (Å²) in [7, 11) is 1.66. The van der Waals surface area contributed by atoms with Gasteiger partial charge in [0.1, 0.15) is 0 Å². The summed E-state index contributed by atoms with van der Waals surface area (Å²) in [5.74, 6) is -0.298. The van der Waals surface area contributed by atoms with Crippen molar-refractivity contribution in [2.45, 2.75) is 38.3 Å². The summed E-state index contributed by atoms with van der Waals surface area (Å²) in [6, 6.07) is -0.499. The average molecular weight is 254 g/mol. The first-order chi connectivity index (χ1) is 8.53. The molecule has 0 aromatic heterocycles. The Morgan fingerprint density at radius 1 is 1.44 bits per heavy atom. The van der Waals surface area contributed by atoms with Crippen LogP contribution in [0.5, 0.6) is 0 Å². The van der Waals surface area contributed by atoms with Crippen LogP contribution >= 0.6 is 0 Å². The molecule has 3 aliphatic rings. The zero-order valence-electron chi connectivity index (χ0n) is 10.5. The molecule has 1 unspecified atom stereocenters. The number of rotatable bonds is 2. The number of hydrogen-bond acceptors (Lipinski definition) is 4. The van der Waals surface area contributed by atoms with Crippen molar-refractivity contribution in [1.82, 2.24) is 9.96 Å². The number of hydroxylamine groups is 2. The van der Waals surface area contributed by atoms with Crippen molar-refractivity contribution in [3.05, 3.63) is 0 Å². The number of nitrogens with zero attached hydrogens (tertiary/aromatic N) is 2. The monoisotopic (exact) mass is 254 g/mol. The van der Waals surface area contributed by atoms with Crippen LogP contribution in [0.25, 0.3) is 0 Å². The first-order valence-corrected chi connectivity index (χ1v) is 6.47. The van der Waals surface area contributed by atoms with Crippen molar-refractivity contribution in [2.75, 3.05) is 13.6 Å². The van der Waals surface area contributed by atoms with Gasteiger partial charge in [0.05, 0.1) is 5.92 Å². The Balaban J connectivity index is 1.78. The molecule has 18 heavy (non-hydrogen) atoms. The van der Waals surface area contributed by atoms with Gasteiger partial charge in [-0.15, -0.1) is 0 Å². The highest BCUT2D eigenvalue weighted by Gasteiger charge is 2.56. The van der Waals surface area contributed by atoms with Gasteiger partial charge in [-0.2, -0.15) is 5.06 Å². The van der Waals surface area contributed by atoms with Crippen molar-refractivity contribution in [3.8, 4) is 0 Å². The number of esters is 1. The van der Waals surface area contributed by atoms with Gasteiger partial charge in [-0.1, -0.05) is 6.42 Å². The summed E-state index contributed by atoms with van der Waals surface area (Å²) in [6.45, 7) is 0.547. The van der Waals surface area contributed by atoms with Gasteiger partial charge >= 0.3 is 12.0 Å². The van der Waals surface area contributed by atoms with Crippen molar-refractivity contribution in [3.63, 3.8) is 0 Å². The van der Waals surface area contributed by atoms with E-state index in [4.69, 9.17) is 4.74 Å². The lowest BCUT2D eigenvalue weighted by molar-refractivity contribution is -0.258. The average Bonchev–Trinajstić information content (AvgIpc) is 3.11. The third-order valence-corrected chi connectivity index (χ3v) is 4.31. The Bertz CT molecular complexity index is 390. The molecular formula is C12H18N2O4. The summed E-state index contributed by atoms with van der Waals surface area (Å²) < 4.78 is 5.39. The van der Waals surface area contributed by atoms with E-state index in [1.54, 1.807) is 7.05 Å². The lowest BCUT2D eigenvalue weighted by Gasteiger charge is -2.53. The Labute approximate surface area is 105 Å². The van der Waals surface area contributed by atoms with Crippen LogP contribution in [0.3, 0.4) is 0 Å². The minimum atomic E-state index is -0.803. The van der Waals surface area contributed by atoms with Gasteiger partial charge in [-0.05, 0) is 25.7 Å². The number of urea groups is 1. The van der Waals surface area contributed by atoms with Gasteiger partial charge in [0.2, 0.25) is 6.23 Å². The number of amides is 2. The Morgan fingerprint density at radius 2 is 2.11 bits per heavy atom. The minimum Gasteiger partial charge on any atom is -0.438 e. The minimum absolute atomic E-state index is 0.0229. The lowest BCUT2D eigenvalue weighted by Crippen LogP contribution is -2.65. The van der Waals surface area contributed by atoms with Crippen molar-refractivity contribution in [2.24, 2.45) is 11.3 Å². The normalized spacial score (nSPS) is 30.3. The summed E-state index contributed by atoms with van der Waals surface area (Å²) in [5.41, 5.74) is -0.276. The molecule has 2 amide bonds. The van der Waals surface area contributed by atoms with Crippen LogP contribution in [0.1, 0.15) is 32.1 Å². The van der Waals surface area contributed by atoms with Crippen LogP contribution in [-0.4, -0.2) is 47.0 Å². The molecule has 0 aromatic rings. The topological polar surface area (TPSA) is 70.1 Å². The van der Waals surface area contributed by atoms with Crippen LogP contribution in [0.2, 0.25) is 0 Å². The Kier molecular flexibility index (Phi) is 2.52. The second-order valence-corrected chi connectivity index (χ2v) is 5.76. The van der Waals surface area contributed by atoms with Crippen LogP contribution in [0, 0.1) is 11.3 Å². The quantitative estimate of drug-likeness (QED) is 0.593. The van der Waals surface area contributed by atoms with E-state index in [1.165, 1.54) is 4.90 Å². The molecule has 0 radical (unpaired) electrons. The fraction of sp³-hybridized carbons (Fsp3) is 0.833. The smallest absolute Gasteiger partial charge is 0.346 e. The molecule has 1 atom stereocenters. The van der Waals surface area contributed by atoms with Gasteiger partial charge < -0.3 is 9.64 Å². The molecule has 0 aromatic carbocycles. The maximum Gasteiger partial charge on any atom is 0.346 e.